The smallest absolute Gasteiger partial charge is 0.163 e. The van der Waals surface area contributed by atoms with E-state index < -0.39 is 0 Å². The van der Waals surface area contributed by atoms with Crippen LogP contribution in [0.25, 0.3) is 0 Å². The van der Waals surface area contributed by atoms with Gasteiger partial charge in [0.15, 0.2) is 5.78 Å². The van der Waals surface area contributed by atoms with Crippen molar-refractivity contribution in [3.8, 4) is 0 Å². The van der Waals surface area contributed by atoms with Crippen LogP contribution in [-0.2, 0) is 12.8 Å². The first-order chi connectivity index (χ1) is 10.0. The first kappa shape index (κ1) is 18.9. The highest BCUT2D eigenvalue weighted by molar-refractivity contribution is 5.98. The molecule has 22 heavy (non-hydrogen) atoms. The molecule has 0 bridgehead atoms. The van der Waals surface area contributed by atoms with Gasteiger partial charge in [0, 0.05) is 12.0 Å². The highest BCUT2D eigenvalue weighted by atomic mass is 16.1. The van der Waals surface area contributed by atoms with Crippen LogP contribution >= 0.6 is 0 Å². The number of hydrogen-bond donors (Lipinski definition) is 0. The molecule has 0 unspecified atom stereocenters. The fourth-order valence-corrected chi connectivity index (χ4v) is 2.62. The fourth-order valence-electron chi connectivity index (χ4n) is 2.62. The summed E-state index contributed by atoms with van der Waals surface area (Å²) in [5.74, 6) is 0.299. The molecule has 0 fully saturated rings. The summed E-state index contributed by atoms with van der Waals surface area (Å²) in [6.07, 6.45) is 4.80. The Morgan fingerprint density at radius 1 is 0.864 bits per heavy atom. The average Bonchev–Trinajstić information content (AvgIpc) is 2.40. The van der Waals surface area contributed by atoms with E-state index in [1.807, 2.05) is 6.92 Å². The van der Waals surface area contributed by atoms with Crippen molar-refractivity contribution in [2.24, 2.45) is 10.8 Å². The third kappa shape index (κ3) is 6.34. The normalized spacial score (nSPS) is 12.5. The number of aryl methyl sites for hydroxylation is 2. The van der Waals surface area contributed by atoms with Gasteiger partial charge in [-0.15, -0.1) is 0 Å². The predicted octanol–water partition coefficient (Wildman–Crippen LogP) is 6.24. The van der Waals surface area contributed by atoms with E-state index in [1.54, 1.807) is 0 Å². The first-order valence-electron chi connectivity index (χ1n) is 8.67. The second-order valence-corrected chi connectivity index (χ2v) is 8.85. The van der Waals surface area contributed by atoms with Crippen LogP contribution in [0.15, 0.2) is 18.2 Å². The summed E-state index contributed by atoms with van der Waals surface area (Å²) in [5, 5.41) is 0. The summed E-state index contributed by atoms with van der Waals surface area (Å²) >= 11 is 0. The van der Waals surface area contributed by atoms with E-state index in [-0.39, 0.29) is 0 Å². The van der Waals surface area contributed by atoms with Crippen LogP contribution in [-0.4, -0.2) is 5.78 Å². The molecule has 0 amide bonds. The molecule has 0 saturated carbocycles. The van der Waals surface area contributed by atoms with Crippen molar-refractivity contribution in [2.45, 2.75) is 80.6 Å². The molecule has 0 aliphatic heterocycles. The monoisotopic (exact) mass is 302 g/mol. The molecule has 0 radical (unpaired) electrons. The SMILES string of the molecule is CCC(=O)c1c(CCC(C)(C)C)cccc1CCC(C)(C)C. The second-order valence-electron chi connectivity index (χ2n) is 8.85. The number of ketones is 1. The van der Waals surface area contributed by atoms with Crippen LogP contribution in [0.1, 0.15) is 89.2 Å². The Bertz CT molecular complexity index is 461. The molecule has 124 valence electrons. The van der Waals surface area contributed by atoms with Crippen LogP contribution in [0.4, 0.5) is 0 Å². The molecule has 1 aromatic carbocycles. The zero-order chi connectivity index (χ0) is 17.0. The van der Waals surface area contributed by atoms with Crippen molar-refractivity contribution in [3.05, 3.63) is 34.9 Å². The van der Waals surface area contributed by atoms with Crippen molar-refractivity contribution in [1.82, 2.24) is 0 Å². The third-order valence-corrected chi connectivity index (χ3v) is 4.13. The van der Waals surface area contributed by atoms with Gasteiger partial charge in [-0.3, -0.25) is 4.79 Å². The van der Waals surface area contributed by atoms with Crippen molar-refractivity contribution in [1.29, 1.82) is 0 Å². The number of rotatable bonds is 6. The van der Waals surface area contributed by atoms with Gasteiger partial charge in [0.2, 0.25) is 0 Å². The lowest BCUT2D eigenvalue weighted by molar-refractivity contribution is 0.0985. The molecule has 0 aliphatic rings. The van der Waals surface area contributed by atoms with E-state index in [9.17, 15) is 4.79 Å². The second kappa shape index (κ2) is 7.44. The Morgan fingerprint density at radius 3 is 1.59 bits per heavy atom. The topological polar surface area (TPSA) is 17.1 Å². The number of benzene rings is 1. The van der Waals surface area contributed by atoms with Gasteiger partial charge in [-0.25, -0.2) is 0 Å². The number of carbonyl (C=O) groups is 1. The van der Waals surface area contributed by atoms with Gasteiger partial charge in [-0.05, 0) is 47.6 Å². The summed E-state index contributed by atoms with van der Waals surface area (Å²) in [5.41, 5.74) is 4.10. The van der Waals surface area contributed by atoms with Crippen LogP contribution < -0.4 is 0 Å². The molecule has 0 N–H and O–H groups in total. The predicted molar refractivity (Wildman–Crippen MR) is 96.6 cm³/mol. The van der Waals surface area contributed by atoms with Crippen LogP contribution in [0, 0.1) is 10.8 Å². The van der Waals surface area contributed by atoms with Crippen molar-refractivity contribution in [2.75, 3.05) is 0 Å². The Morgan fingerprint density at radius 2 is 1.27 bits per heavy atom. The minimum atomic E-state index is 0.299. The minimum absolute atomic E-state index is 0.299. The summed E-state index contributed by atoms with van der Waals surface area (Å²) in [7, 11) is 0. The van der Waals surface area contributed by atoms with Gasteiger partial charge in [-0.1, -0.05) is 66.7 Å². The molecule has 1 nitrogen and oxygen atoms in total. The molecule has 0 atom stereocenters. The first-order valence-corrected chi connectivity index (χ1v) is 8.67. The van der Waals surface area contributed by atoms with Crippen LogP contribution in [0.5, 0.6) is 0 Å². The van der Waals surface area contributed by atoms with Gasteiger partial charge >= 0.3 is 0 Å². The fraction of sp³-hybridized carbons (Fsp3) is 0.667. The number of carbonyl (C=O) groups excluding carboxylic acids is 1. The molecular formula is C21H34O. The van der Waals surface area contributed by atoms with Crippen molar-refractivity contribution >= 4 is 5.78 Å². The van der Waals surface area contributed by atoms with E-state index >= 15 is 0 Å². The third-order valence-electron chi connectivity index (χ3n) is 4.13. The Balaban J connectivity index is 3.08. The largest absolute Gasteiger partial charge is 0.294 e. The van der Waals surface area contributed by atoms with E-state index in [0.717, 1.165) is 31.2 Å². The maximum Gasteiger partial charge on any atom is 0.163 e. The molecular weight excluding hydrogens is 268 g/mol. The molecule has 0 aromatic heterocycles. The van der Waals surface area contributed by atoms with E-state index in [0.29, 0.717) is 23.0 Å². The quantitative estimate of drug-likeness (QED) is 0.569. The molecule has 1 heteroatoms. The highest BCUT2D eigenvalue weighted by Gasteiger charge is 2.19. The van der Waals surface area contributed by atoms with Crippen molar-refractivity contribution < 1.29 is 4.79 Å². The lowest BCUT2D eigenvalue weighted by atomic mass is 9.83. The van der Waals surface area contributed by atoms with E-state index in [2.05, 4.69) is 59.7 Å². The maximum atomic E-state index is 12.5. The molecule has 0 spiro atoms. The zero-order valence-electron chi connectivity index (χ0n) is 15.7. The highest BCUT2D eigenvalue weighted by Crippen LogP contribution is 2.28. The lowest BCUT2D eigenvalue weighted by Crippen LogP contribution is -2.13. The van der Waals surface area contributed by atoms with E-state index in [1.165, 1.54) is 11.1 Å². The average molecular weight is 303 g/mol. The summed E-state index contributed by atoms with van der Waals surface area (Å²) in [6, 6.07) is 6.42. The van der Waals surface area contributed by atoms with Crippen LogP contribution in [0.2, 0.25) is 0 Å². The lowest BCUT2D eigenvalue weighted by Gasteiger charge is -2.22. The summed E-state index contributed by atoms with van der Waals surface area (Å²) < 4.78 is 0. The number of Topliss-reactive ketones (excluding diaryl/α,β-unsaturated/α-hetero) is 1. The Hall–Kier alpha value is -1.11. The molecule has 0 saturated heterocycles. The molecule has 1 rings (SSSR count). The van der Waals surface area contributed by atoms with Gasteiger partial charge in [-0.2, -0.15) is 0 Å². The van der Waals surface area contributed by atoms with Gasteiger partial charge < -0.3 is 0 Å². The van der Waals surface area contributed by atoms with Crippen LogP contribution in [0.3, 0.4) is 0 Å². The maximum absolute atomic E-state index is 12.5. The van der Waals surface area contributed by atoms with Gasteiger partial charge in [0.1, 0.15) is 0 Å². The summed E-state index contributed by atoms with van der Waals surface area (Å²) in [6.45, 7) is 15.5. The summed E-state index contributed by atoms with van der Waals surface area (Å²) in [4.78, 5) is 12.5. The molecule has 1 aromatic rings. The minimum Gasteiger partial charge on any atom is -0.294 e. The van der Waals surface area contributed by atoms with E-state index in [4.69, 9.17) is 0 Å². The Kier molecular flexibility index (Phi) is 6.40. The standard InChI is InChI=1S/C21H34O/c1-8-18(22)19-16(12-14-20(2,3)4)10-9-11-17(19)13-15-21(5,6)7/h9-11H,8,12-15H2,1-7H3. The van der Waals surface area contributed by atoms with Crippen molar-refractivity contribution in [3.63, 3.8) is 0 Å². The van der Waals surface area contributed by atoms with Gasteiger partial charge in [0.25, 0.3) is 0 Å². The number of hydrogen-bond acceptors (Lipinski definition) is 1. The molecule has 0 aliphatic carbocycles. The zero-order valence-corrected chi connectivity index (χ0v) is 15.7. The molecule has 0 heterocycles. The Labute approximate surface area is 137 Å². The van der Waals surface area contributed by atoms with Gasteiger partial charge in [0.05, 0.1) is 0 Å².